The summed E-state index contributed by atoms with van der Waals surface area (Å²) in [6.07, 6.45) is 0. The standard InChI is InChI=1S/C16H15NO2S/c1-12-8-11-16(20(17,18)19)13(2)15(12)10-9-14-6-4-3-5-7-14/h3-8,11H,1-2H3,(H2,17,18,19). The number of sulfonamides is 1. The Morgan fingerprint density at radius 1 is 0.950 bits per heavy atom. The fourth-order valence-corrected chi connectivity index (χ4v) is 2.77. The van der Waals surface area contributed by atoms with Crippen LogP contribution in [0.1, 0.15) is 22.3 Å². The third kappa shape index (κ3) is 3.08. The van der Waals surface area contributed by atoms with E-state index in [0.717, 1.165) is 11.1 Å². The molecule has 2 rings (SSSR count). The van der Waals surface area contributed by atoms with Crippen LogP contribution in [0.3, 0.4) is 0 Å². The zero-order chi connectivity index (χ0) is 14.8. The van der Waals surface area contributed by atoms with Crippen molar-refractivity contribution < 1.29 is 8.42 Å². The van der Waals surface area contributed by atoms with E-state index in [9.17, 15) is 8.42 Å². The molecule has 0 aromatic heterocycles. The van der Waals surface area contributed by atoms with Gasteiger partial charge in [-0.1, -0.05) is 36.1 Å². The van der Waals surface area contributed by atoms with Crippen molar-refractivity contribution in [1.82, 2.24) is 0 Å². The number of nitrogens with two attached hydrogens (primary N) is 1. The molecule has 0 aliphatic heterocycles. The van der Waals surface area contributed by atoms with Crippen LogP contribution < -0.4 is 5.14 Å². The molecule has 20 heavy (non-hydrogen) atoms. The van der Waals surface area contributed by atoms with E-state index in [0.29, 0.717) is 11.1 Å². The molecule has 0 heterocycles. The van der Waals surface area contributed by atoms with Crippen LogP contribution in [0.15, 0.2) is 47.4 Å². The molecule has 0 radical (unpaired) electrons. The highest BCUT2D eigenvalue weighted by molar-refractivity contribution is 7.89. The van der Waals surface area contributed by atoms with Gasteiger partial charge in [0, 0.05) is 11.1 Å². The molecular formula is C16H15NO2S. The van der Waals surface area contributed by atoms with Crippen LogP contribution in [0.5, 0.6) is 0 Å². The van der Waals surface area contributed by atoms with Crippen molar-refractivity contribution in [2.24, 2.45) is 5.14 Å². The Labute approximate surface area is 119 Å². The Morgan fingerprint density at radius 2 is 1.60 bits per heavy atom. The minimum atomic E-state index is -3.72. The fourth-order valence-electron chi connectivity index (χ4n) is 1.98. The molecule has 102 valence electrons. The van der Waals surface area contributed by atoms with Gasteiger partial charge in [-0.25, -0.2) is 13.6 Å². The normalized spacial score (nSPS) is 10.8. The Morgan fingerprint density at radius 3 is 2.20 bits per heavy atom. The lowest BCUT2D eigenvalue weighted by atomic mass is 10.0. The van der Waals surface area contributed by atoms with Crippen molar-refractivity contribution in [2.45, 2.75) is 18.7 Å². The minimum Gasteiger partial charge on any atom is -0.225 e. The molecule has 0 saturated carbocycles. The first-order valence-corrected chi connectivity index (χ1v) is 7.64. The Bertz CT molecular complexity index is 798. The maximum Gasteiger partial charge on any atom is 0.238 e. The number of rotatable bonds is 1. The average Bonchev–Trinajstić information content (AvgIpc) is 2.38. The summed E-state index contributed by atoms with van der Waals surface area (Å²) in [6, 6.07) is 12.8. The molecule has 2 N–H and O–H groups in total. The van der Waals surface area contributed by atoms with Crippen molar-refractivity contribution in [3.05, 3.63) is 64.7 Å². The SMILES string of the molecule is Cc1ccc(S(N)(=O)=O)c(C)c1C#Cc1ccccc1. The lowest BCUT2D eigenvalue weighted by Gasteiger charge is -2.08. The number of hydrogen-bond acceptors (Lipinski definition) is 2. The highest BCUT2D eigenvalue weighted by Gasteiger charge is 2.14. The van der Waals surface area contributed by atoms with Gasteiger partial charge in [-0.2, -0.15) is 0 Å². The van der Waals surface area contributed by atoms with Gasteiger partial charge in [0.1, 0.15) is 0 Å². The van der Waals surface area contributed by atoms with Crippen molar-refractivity contribution in [3.63, 3.8) is 0 Å². The van der Waals surface area contributed by atoms with Crippen LogP contribution >= 0.6 is 0 Å². The van der Waals surface area contributed by atoms with Crippen molar-refractivity contribution in [1.29, 1.82) is 0 Å². The van der Waals surface area contributed by atoms with Gasteiger partial charge < -0.3 is 0 Å². The predicted molar refractivity (Wildman–Crippen MR) is 79.7 cm³/mol. The summed E-state index contributed by atoms with van der Waals surface area (Å²) < 4.78 is 23.0. The third-order valence-electron chi connectivity index (χ3n) is 3.04. The molecule has 0 aliphatic carbocycles. The molecular weight excluding hydrogens is 270 g/mol. The van der Waals surface area contributed by atoms with Gasteiger partial charge in [0.2, 0.25) is 10.0 Å². The van der Waals surface area contributed by atoms with Crippen LogP contribution in [0, 0.1) is 25.7 Å². The number of hydrogen-bond donors (Lipinski definition) is 1. The number of primary sulfonamides is 1. The molecule has 0 spiro atoms. The van der Waals surface area contributed by atoms with E-state index in [1.807, 2.05) is 37.3 Å². The molecule has 0 atom stereocenters. The van der Waals surface area contributed by atoms with Crippen molar-refractivity contribution >= 4 is 10.0 Å². The van der Waals surface area contributed by atoms with Gasteiger partial charge in [-0.3, -0.25) is 0 Å². The Balaban J connectivity index is 2.56. The molecule has 0 unspecified atom stereocenters. The monoisotopic (exact) mass is 285 g/mol. The molecule has 0 fully saturated rings. The molecule has 0 saturated heterocycles. The quantitative estimate of drug-likeness (QED) is 0.818. The van der Waals surface area contributed by atoms with Crippen molar-refractivity contribution in [2.75, 3.05) is 0 Å². The first kappa shape index (κ1) is 14.3. The van der Waals surface area contributed by atoms with Crippen molar-refractivity contribution in [3.8, 4) is 11.8 Å². The van der Waals surface area contributed by atoms with Crippen LogP contribution in [-0.4, -0.2) is 8.42 Å². The van der Waals surface area contributed by atoms with Gasteiger partial charge in [0.05, 0.1) is 4.90 Å². The first-order valence-electron chi connectivity index (χ1n) is 6.09. The maximum atomic E-state index is 11.5. The molecule has 0 aliphatic rings. The zero-order valence-corrected chi connectivity index (χ0v) is 12.2. The van der Waals surface area contributed by atoms with E-state index in [1.54, 1.807) is 13.0 Å². The minimum absolute atomic E-state index is 0.125. The smallest absolute Gasteiger partial charge is 0.225 e. The summed E-state index contributed by atoms with van der Waals surface area (Å²) in [7, 11) is -3.72. The third-order valence-corrected chi connectivity index (χ3v) is 4.09. The van der Waals surface area contributed by atoms with Gasteiger partial charge in [0.25, 0.3) is 0 Å². The lowest BCUT2D eigenvalue weighted by molar-refractivity contribution is 0.597. The van der Waals surface area contributed by atoms with E-state index in [-0.39, 0.29) is 4.90 Å². The number of aryl methyl sites for hydroxylation is 1. The van der Waals surface area contributed by atoms with Gasteiger partial charge in [0.15, 0.2) is 0 Å². The predicted octanol–water partition coefficient (Wildman–Crippen LogP) is 2.35. The molecule has 2 aromatic rings. The average molecular weight is 285 g/mol. The van der Waals surface area contributed by atoms with E-state index >= 15 is 0 Å². The second-order valence-electron chi connectivity index (χ2n) is 4.54. The molecule has 4 heteroatoms. The van der Waals surface area contributed by atoms with Gasteiger partial charge in [-0.05, 0) is 43.2 Å². The fraction of sp³-hybridized carbons (Fsp3) is 0.125. The van der Waals surface area contributed by atoms with Gasteiger partial charge >= 0.3 is 0 Å². The van der Waals surface area contributed by atoms with Crippen LogP contribution in [0.4, 0.5) is 0 Å². The van der Waals surface area contributed by atoms with E-state index in [4.69, 9.17) is 5.14 Å². The second-order valence-corrected chi connectivity index (χ2v) is 6.07. The second kappa shape index (κ2) is 5.49. The summed E-state index contributed by atoms with van der Waals surface area (Å²) >= 11 is 0. The summed E-state index contributed by atoms with van der Waals surface area (Å²) in [6.45, 7) is 3.62. The molecule has 0 bridgehead atoms. The van der Waals surface area contributed by atoms with Crippen LogP contribution in [0.25, 0.3) is 0 Å². The summed E-state index contributed by atoms with van der Waals surface area (Å²) in [5, 5.41) is 5.21. The lowest BCUT2D eigenvalue weighted by Crippen LogP contribution is -2.14. The Hall–Kier alpha value is -2.09. The first-order chi connectivity index (χ1) is 9.39. The summed E-state index contributed by atoms with van der Waals surface area (Å²) in [5.41, 5.74) is 3.11. The summed E-state index contributed by atoms with van der Waals surface area (Å²) in [5.74, 6) is 6.08. The maximum absolute atomic E-state index is 11.5. The Kier molecular flexibility index (Phi) is 3.93. The van der Waals surface area contributed by atoms with E-state index in [2.05, 4.69) is 11.8 Å². The largest absolute Gasteiger partial charge is 0.238 e. The topological polar surface area (TPSA) is 60.2 Å². The summed E-state index contributed by atoms with van der Waals surface area (Å²) in [4.78, 5) is 0.125. The van der Waals surface area contributed by atoms with Crippen LogP contribution in [0.2, 0.25) is 0 Å². The molecule has 0 amide bonds. The zero-order valence-electron chi connectivity index (χ0n) is 11.3. The van der Waals surface area contributed by atoms with Gasteiger partial charge in [-0.15, -0.1) is 0 Å². The number of benzene rings is 2. The molecule has 3 nitrogen and oxygen atoms in total. The van der Waals surface area contributed by atoms with E-state index < -0.39 is 10.0 Å². The highest BCUT2D eigenvalue weighted by Crippen LogP contribution is 2.20. The van der Waals surface area contributed by atoms with Crippen LogP contribution in [-0.2, 0) is 10.0 Å². The van der Waals surface area contributed by atoms with E-state index in [1.165, 1.54) is 6.07 Å². The molecule has 2 aromatic carbocycles. The highest BCUT2D eigenvalue weighted by atomic mass is 32.2.